The van der Waals surface area contributed by atoms with Crippen LogP contribution in [0.3, 0.4) is 0 Å². The van der Waals surface area contributed by atoms with Crippen molar-refractivity contribution in [2.45, 2.75) is 25.8 Å². The number of hydrogen-bond donors (Lipinski definition) is 0. The quantitative estimate of drug-likeness (QED) is 0.728. The average Bonchev–Trinajstić information content (AvgIpc) is 3.41. The Balaban J connectivity index is 1.48. The highest BCUT2D eigenvalue weighted by Gasteiger charge is 2.32. The predicted molar refractivity (Wildman–Crippen MR) is 88.8 cm³/mol. The van der Waals surface area contributed by atoms with Crippen molar-refractivity contribution in [1.82, 2.24) is 24.8 Å². The summed E-state index contributed by atoms with van der Waals surface area (Å²) in [6.45, 7) is 3.96. The van der Waals surface area contributed by atoms with Crippen molar-refractivity contribution in [3.8, 4) is 10.8 Å². The van der Waals surface area contributed by atoms with E-state index < -0.39 is 0 Å². The number of rotatable bonds is 4. The maximum atomic E-state index is 12.7. The Bertz CT molecular complexity index is 838. The van der Waals surface area contributed by atoms with E-state index in [9.17, 15) is 4.79 Å². The summed E-state index contributed by atoms with van der Waals surface area (Å²) in [6.07, 6.45) is 2.51. The molecule has 1 fully saturated rings. The molecular formula is C16H17N5O2S. The lowest BCUT2D eigenvalue weighted by atomic mass is 10.1. The zero-order valence-electron chi connectivity index (χ0n) is 13.3. The Kier molecular flexibility index (Phi) is 3.89. The second-order valence-electron chi connectivity index (χ2n) is 5.70. The molecular weight excluding hydrogens is 326 g/mol. The molecule has 7 nitrogen and oxygen atoms in total. The van der Waals surface area contributed by atoms with Gasteiger partial charge in [0.1, 0.15) is 5.69 Å². The van der Waals surface area contributed by atoms with E-state index in [2.05, 4.69) is 15.2 Å². The Morgan fingerprint density at radius 3 is 3.17 bits per heavy atom. The molecule has 3 aromatic heterocycles. The molecule has 0 aliphatic carbocycles. The molecule has 1 amide bonds. The molecule has 24 heavy (non-hydrogen) atoms. The van der Waals surface area contributed by atoms with Gasteiger partial charge in [-0.1, -0.05) is 11.2 Å². The van der Waals surface area contributed by atoms with Crippen LogP contribution in [-0.2, 0) is 6.54 Å². The molecule has 0 N–H and O–H groups in total. The fourth-order valence-electron chi connectivity index (χ4n) is 2.98. The average molecular weight is 343 g/mol. The number of nitrogens with zero attached hydrogens (tertiary/aromatic N) is 5. The summed E-state index contributed by atoms with van der Waals surface area (Å²) >= 11 is 1.57. The Hall–Kier alpha value is -2.48. The van der Waals surface area contributed by atoms with Crippen molar-refractivity contribution < 1.29 is 9.32 Å². The highest BCUT2D eigenvalue weighted by atomic mass is 32.1. The molecule has 3 aromatic rings. The highest BCUT2D eigenvalue weighted by Crippen LogP contribution is 2.29. The molecule has 0 bridgehead atoms. The van der Waals surface area contributed by atoms with Crippen LogP contribution in [0.25, 0.3) is 10.8 Å². The first-order chi connectivity index (χ1) is 11.8. The fraction of sp³-hybridized carbons (Fsp3) is 0.375. The van der Waals surface area contributed by atoms with Gasteiger partial charge in [-0.05, 0) is 30.9 Å². The van der Waals surface area contributed by atoms with Crippen molar-refractivity contribution in [2.24, 2.45) is 0 Å². The molecule has 4 heterocycles. The van der Waals surface area contributed by atoms with Crippen molar-refractivity contribution in [2.75, 3.05) is 13.1 Å². The minimum absolute atomic E-state index is 0.0128. The van der Waals surface area contributed by atoms with Crippen LogP contribution in [0.5, 0.6) is 0 Å². The lowest BCUT2D eigenvalue weighted by Crippen LogP contribution is -2.30. The molecule has 0 spiro atoms. The Morgan fingerprint density at radius 1 is 1.46 bits per heavy atom. The van der Waals surface area contributed by atoms with Crippen LogP contribution in [0, 0.1) is 0 Å². The van der Waals surface area contributed by atoms with Gasteiger partial charge >= 0.3 is 0 Å². The van der Waals surface area contributed by atoms with Crippen molar-refractivity contribution >= 4 is 17.2 Å². The third kappa shape index (κ3) is 2.62. The zero-order valence-corrected chi connectivity index (χ0v) is 14.1. The largest absolute Gasteiger partial charge is 0.337 e. The van der Waals surface area contributed by atoms with Gasteiger partial charge < -0.3 is 9.42 Å². The van der Waals surface area contributed by atoms with Gasteiger partial charge in [-0.2, -0.15) is 10.1 Å². The third-order valence-corrected chi connectivity index (χ3v) is 5.11. The molecule has 1 aliphatic heterocycles. The van der Waals surface area contributed by atoms with E-state index in [0.29, 0.717) is 37.0 Å². The standard InChI is InChI=1S/C16H17N5O2S/c1-2-21-12(5-7-17-21)16(22)20-8-6-11(10-20)14-18-15(23-19-14)13-4-3-9-24-13/h3-5,7,9,11H,2,6,8,10H2,1H3/t11-/m1/s1. The first-order valence-electron chi connectivity index (χ1n) is 7.95. The van der Waals surface area contributed by atoms with E-state index in [1.165, 1.54) is 0 Å². The fourth-order valence-corrected chi connectivity index (χ4v) is 3.63. The Morgan fingerprint density at radius 2 is 2.38 bits per heavy atom. The van der Waals surface area contributed by atoms with Crippen molar-refractivity contribution in [3.05, 3.63) is 41.3 Å². The van der Waals surface area contributed by atoms with E-state index >= 15 is 0 Å². The van der Waals surface area contributed by atoms with Crippen LogP contribution < -0.4 is 0 Å². The summed E-state index contributed by atoms with van der Waals surface area (Å²) in [4.78, 5) is 20.0. The maximum absolute atomic E-state index is 12.7. The molecule has 0 unspecified atom stereocenters. The van der Waals surface area contributed by atoms with Gasteiger partial charge in [-0.3, -0.25) is 9.48 Å². The summed E-state index contributed by atoms with van der Waals surface area (Å²) in [7, 11) is 0. The van der Waals surface area contributed by atoms with Gasteiger partial charge in [0.05, 0.1) is 4.88 Å². The highest BCUT2D eigenvalue weighted by molar-refractivity contribution is 7.13. The summed E-state index contributed by atoms with van der Waals surface area (Å²) in [5.41, 5.74) is 0.630. The van der Waals surface area contributed by atoms with E-state index in [1.807, 2.05) is 29.3 Å². The van der Waals surface area contributed by atoms with E-state index in [1.54, 1.807) is 28.3 Å². The normalized spacial score (nSPS) is 17.5. The molecule has 1 aliphatic rings. The Labute approximate surface area is 142 Å². The van der Waals surface area contributed by atoms with Crippen LogP contribution in [0.2, 0.25) is 0 Å². The minimum atomic E-state index is 0.0128. The van der Waals surface area contributed by atoms with Gasteiger partial charge in [0.15, 0.2) is 5.82 Å². The molecule has 124 valence electrons. The topological polar surface area (TPSA) is 77.0 Å². The van der Waals surface area contributed by atoms with Gasteiger partial charge in [-0.15, -0.1) is 11.3 Å². The molecule has 1 saturated heterocycles. The van der Waals surface area contributed by atoms with Gasteiger partial charge in [0, 0.05) is 31.7 Å². The summed E-state index contributed by atoms with van der Waals surface area (Å²) in [6, 6.07) is 5.68. The number of amides is 1. The van der Waals surface area contributed by atoms with Crippen molar-refractivity contribution in [3.63, 3.8) is 0 Å². The number of carbonyl (C=O) groups is 1. The molecule has 8 heteroatoms. The van der Waals surface area contributed by atoms with Crippen LogP contribution in [0.4, 0.5) is 0 Å². The third-order valence-electron chi connectivity index (χ3n) is 4.25. The number of aromatic nitrogens is 4. The molecule has 4 rings (SSSR count). The van der Waals surface area contributed by atoms with E-state index in [-0.39, 0.29) is 11.8 Å². The molecule has 0 aromatic carbocycles. The number of hydrogen-bond acceptors (Lipinski definition) is 6. The summed E-state index contributed by atoms with van der Waals surface area (Å²) in [5.74, 6) is 1.36. The van der Waals surface area contributed by atoms with Crippen molar-refractivity contribution in [1.29, 1.82) is 0 Å². The molecule has 0 radical (unpaired) electrons. The first kappa shape index (κ1) is 15.1. The maximum Gasteiger partial charge on any atom is 0.272 e. The number of thiophene rings is 1. The van der Waals surface area contributed by atoms with Crippen LogP contribution in [-0.4, -0.2) is 43.8 Å². The molecule has 0 saturated carbocycles. The van der Waals surface area contributed by atoms with Crippen LogP contribution in [0.1, 0.15) is 35.6 Å². The van der Waals surface area contributed by atoms with E-state index in [0.717, 1.165) is 11.3 Å². The SMILES string of the molecule is CCn1nccc1C(=O)N1CC[C@@H](c2noc(-c3cccs3)n2)C1. The van der Waals surface area contributed by atoms with Crippen LogP contribution >= 0.6 is 11.3 Å². The second-order valence-corrected chi connectivity index (χ2v) is 6.65. The smallest absolute Gasteiger partial charge is 0.272 e. The summed E-state index contributed by atoms with van der Waals surface area (Å²) in [5, 5.41) is 10.3. The van der Waals surface area contributed by atoms with Gasteiger partial charge in [0.2, 0.25) is 0 Å². The first-order valence-corrected chi connectivity index (χ1v) is 8.82. The lowest BCUT2D eigenvalue weighted by molar-refractivity contribution is 0.0778. The number of aryl methyl sites for hydroxylation is 1. The van der Waals surface area contributed by atoms with Gasteiger partial charge in [-0.25, -0.2) is 0 Å². The second kappa shape index (κ2) is 6.20. The zero-order chi connectivity index (χ0) is 16.5. The minimum Gasteiger partial charge on any atom is -0.337 e. The summed E-state index contributed by atoms with van der Waals surface area (Å²) < 4.78 is 7.08. The molecule has 1 atom stereocenters. The van der Waals surface area contributed by atoms with Crippen LogP contribution in [0.15, 0.2) is 34.3 Å². The predicted octanol–water partition coefficient (Wildman–Crippen LogP) is 2.64. The van der Waals surface area contributed by atoms with Gasteiger partial charge in [0.25, 0.3) is 11.8 Å². The van der Waals surface area contributed by atoms with E-state index in [4.69, 9.17) is 4.52 Å². The number of carbonyl (C=O) groups excluding carboxylic acids is 1. The monoisotopic (exact) mass is 343 g/mol. The number of likely N-dealkylation sites (tertiary alicyclic amines) is 1. The lowest BCUT2D eigenvalue weighted by Gasteiger charge is -2.16.